The Morgan fingerprint density at radius 2 is 1.64 bits per heavy atom. The number of hydrogen-bond donors (Lipinski definition) is 1. The van der Waals surface area contributed by atoms with Gasteiger partial charge in [-0.1, -0.05) is 41.9 Å². The van der Waals surface area contributed by atoms with Crippen LogP contribution in [0.25, 0.3) is 0 Å². The van der Waals surface area contributed by atoms with Gasteiger partial charge in [-0.15, -0.1) is 0 Å². The fourth-order valence-electron chi connectivity index (χ4n) is 2.76. The van der Waals surface area contributed by atoms with Crippen LogP contribution in [0.5, 0.6) is 17.2 Å². The molecule has 6 heteroatoms. The topological polar surface area (TPSA) is 39.7 Å². The summed E-state index contributed by atoms with van der Waals surface area (Å²) in [5.41, 5.74) is 2.20. The average molecular weight is 402 g/mol. The molecule has 146 valence electrons. The lowest BCUT2D eigenvalue weighted by molar-refractivity contribution is 0.277. The summed E-state index contributed by atoms with van der Waals surface area (Å²) in [6.45, 7) is 0.584. The average Bonchev–Trinajstić information content (AvgIpc) is 2.72. The molecule has 0 saturated heterocycles. The minimum absolute atomic E-state index is 0.106. The summed E-state index contributed by atoms with van der Waals surface area (Å²) in [4.78, 5) is 0. The Kier molecular flexibility index (Phi) is 6.61. The molecule has 0 fully saturated rings. The van der Waals surface area contributed by atoms with Crippen molar-refractivity contribution in [1.29, 1.82) is 0 Å². The molecular weight excluding hydrogens is 381 g/mol. The quantitative estimate of drug-likeness (QED) is 0.526. The predicted molar refractivity (Wildman–Crippen MR) is 109 cm³/mol. The molecule has 0 amide bonds. The number of benzene rings is 3. The van der Waals surface area contributed by atoms with Gasteiger partial charge in [0.2, 0.25) is 0 Å². The second-order valence-electron chi connectivity index (χ2n) is 6.03. The predicted octanol–water partition coefficient (Wildman–Crippen LogP) is 5.69. The van der Waals surface area contributed by atoms with E-state index in [9.17, 15) is 4.39 Å². The summed E-state index contributed by atoms with van der Waals surface area (Å²) in [5, 5.41) is 3.83. The fourth-order valence-corrected chi connectivity index (χ4v) is 3.02. The van der Waals surface area contributed by atoms with E-state index < -0.39 is 0 Å². The first-order valence-electron chi connectivity index (χ1n) is 8.72. The second-order valence-corrected chi connectivity index (χ2v) is 6.44. The molecule has 0 saturated carbocycles. The van der Waals surface area contributed by atoms with Gasteiger partial charge in [0, 0.05) is 23.4 Å². The van der Waals surface area contributed by atoms with Crippen molar-refractivity contribution in [2.75, 3.05) is 19.5 Å². The maximum absolute atomic E-state index is 13.9. The molecule has 0 aliphatic carbocycles. The Labute approximate surface area is 168 Å². The number of methoxy groups -OCH3 is 2. The molecule has 3 aromatic rings. The SMILES string of the molecule is COc1ccc(NCc2cccc(OC)c2OCc2ccccc2F)cc1Cl. The third kappa shape index (κ3) is 4.67. The van der Waals surface area contributed by atoms with Crippen LogP contribution in [-0.2, 0) is 13.2 Å². The van der Waals surface area contributed by atoms with E-state index in [1.807, 2.05) is 24.3 Å². The minimum Gasteiger partial charge on any atom is -0.495 e. The van der Waals surface area contributed by atoms with Crippen LogP contribution in [-0.4, -0.2) is 14.2 Å². The smallest absolute Gasteiger partial charge is 0.166 e. The van der Waals surface area contributed by atoms with E-state index in [-0.39, 0.29) is 12.4 Å². The lowest BCUT2D eigenvalue weighted by Gasteiger charge is -2.16. The molecule has 0 aliphatic rings. The van der Waals surface area contributed by atoms with E-state index in [0.717, 1.165) is 11.3 Å². The summed E-state index contributed by atoms with van der Waals surface area (Å²) < 4.78 is 30.4. The lowest BCUT2D eigenvalue weighted by atomic mass is 10.1. The van der Waals surface area contributed by atoms with E-state index in [2.05, 4.69) is 5.32 Å². The van der Waals surface area contributed by atoms with Gasteiger partial charge in [-0.3, -0.25) is 0 Å². The highest BCUT2D eigenvalue weighted by atomic mass is 35.5. The molecule has 28 heavy (non-hydrogen) atoms. The van der Waals surface area contributed by atoms with Crippen molar-refractivity contribution in [3.8, 4) is 17.2 Å². The number of para-hydroxylation sites is 1. The van der Waals surface area contributed by atoms with Crippen molar-refractivity contribution in [1.82, 2.24) is 0 Å². The largest absolute Gasteiger partial charge is 0.495 e. The van der Waals surface area contributed by atoms with E-state index in [1.54, 1.807) is 44.6 Å². The normalized spacial score (nSPS) is 10.4. The lowest BCUT2D eigenvalue weighted by Crippen LogP contribution is -2.06. The van der Waals surface area contributed by atoms with Gasteiger partial charge in [0.1, 0.15) is 18.2 Å². The molecule has 3 aromatic carbocycles. The highest BCUT2D eigenvalue weighted by Gasteiger charge is 2.12. The van der Waals surface area contributed by atoms with Crippen molar-refractivity contribution in [3.63, 3.8) is 0 Å². The first-order chi connectivity index (χ1) is 13.6. The van der Waals surface area contributed by atoms with E-state index in [0.29, 0.717) is 34.4 Å². The molecule has 1 N–H and O–H groups in total. The number of hydrogen-bond acceptors (Lipinski definition) is 4. The first kappa shape index (κ1) is 19.8. The van der Waals surface area contributed by atoms with Crippen molar-refractivity contribution in [2.45, 2.75) is 13.2 Å². The van der Waals surface area contributed by atoms with Crippen LogP contribution < -0.4 is 19.5 Å². The number of nitrogens with one attached hydrogen (secondary N) is 1. The van der Waals surface area contributed by atoms with Crippen LogP contribution in [0.15, 0.2) is 60.7 Å². The highest BCUT2D eigenvalue weighted by Crippen LogP contribution is 2.33. The zero-order valence-corrected chi connectivity index (χ0v) is 16.4. The summed E-state index contributed by atoms with van der Waals surface area (Å²) in [6.07, 6.45) is 0. The Bertz CT molecular complexity index is 949. The third-order valence-electron chi connectivity index (χ3n) is 4.24. The van der Waals surface area contributed by atoms with Gasteiger partial charge in [0.25, 0.3) is 0 Å². The first-order valence-corrected chi connectivity index (χ1v) is 9.09. The summed E-state index contributed by atoms with van der Waals surface area (Å²) in [6, 6.07) is 17.6. The van der Waals surface area contributed by atoms with Crippen LogP contribution in [0.4, 0.5) is 10.1 Å². The van der Waals surface area contributed by atoms with Gasteiger partial charge in [0.15, 0.2) is 11.5 Å². The van der Waals surface area contributed by atoms with E-state index >= 15 is 0 Å². The minimum atomic E-state index is -0.301. The van der Waals surface area contributed by atoms with Gasteiger partial charge in [0.05, 0.1) is 19.2 Å². The van der Waals surface area contributed by atoms with Crippen LogP contribution >= 0.6 is 11.6 Å². The van der Waals surface area contributed by atoms with E-state index in [4.69, 9.17) is 25.8 Å². The van der Waals surface area contributed by atoms with Gasteiger partial charge < -0.3 is 19.5 Å². The second kappa shape index (κ2) is 9.33. The number of rotatable bonds is 8. The Hall–Kier alpha value is -2.92. The standard InChI is InChI=1S/C22H21ClFNO3/c1-26-20-11-10-17(12-18(20)23)25-13-15-7-5-9-21(27-2)22(15)28-14-16-6-3-4-8-19(16)24/h3-12,25H,13-14H2,1-2H3. The van der Waals surface area contributed by atoms with Gasteiger partial charge in [-0.2, -0.15) is 0 Å². The molecule has 0 atom stereocenters. The molecule has 0 spiro atoms. The Morgan fingerprint density at radius 3 is 2.36 bits per heavy atom. The fraction of sp³-hybridized carbons (Fsp3) is 0.182. The van der Waals surface area contributed by atoms with Crippen molar-refractivity contribution in [2.24, 2.45) is 0 Å². The summed E-state index contributed by atoms with van der Waals surface area (Å²) in [5.74, 6) is 1.47. The molecule has 4 nitrogen and oxygen atoms in total. The Morgan fingerprint density at radius 1 is 0.893 bits per heavy atom. The van der Waals surface area contributed by atoms with Crippen LogP contribution in [0.3, 0.4) is 0 Å². The van der Waals surface area contributed by atoms with Crippen LogP contribution in [0.2, 0.25) is 5.02 Å². The maximum atomic E-state index is 13.9. The van der Waals surface area contributed by atoms with Crippen LogP contribution in [0, 0.1) is 5.82 Å². The number of halogens is 2. The summed E-state index contributed by atoms with van der Waals surface area (Å²) >= 11 is 6.18. The van der Waals surface area contributed by atoms with E-state index in [1.165, 1.54) is 6.07 Å². The summed E-state index contributed by atoms with van der Waals surface area (Å²) in [7, 11) is 3.15. The van der Waals surface area contributed by atoms with Gasteiger partial charge in [-0.25, -0.2) is 4.39 Å². The van der Waals surface area contributed by atoms with Crippen molar-refractivity contribution >= 4 is 17.3 Å². The molecule has 0 aromatic heterocycles. The van der Waals surface area contributed by atoms with Crippen molar-refractivity contribution < 1.29 is 18.6 Å². The van der Waals surface area contributed by atoms with Gasteiger partial charge in [-0.05, 0) is 30.3 Å². The molecule has 0 aliphatic heterocycles. The molecule has 3 rings (SSSR count). The zero-order valence-electron chi connectivity index (χ0n) is 15.7. The monoisotopic (exact) mass is 401 g/mol. The van der Waals surface area contributed by atoms with Gasteiger partial charge >= 0.3 is 0 Å². The highest BCUT2D eigenvalue weighted by molar-refractivity contribution is 6.32. The number of anilines is 1. The molecule has 0 heterocycles. The molecule has 0 radical (unpaired) electrons. The molecule has 0 unspecified atom stereocenters. The van der Waals surface area contributed by atoms with Crippen LogP contribution in [0.1, 0.15) is 11.1 Å². The number of ether oxygens (including phenoxy) is 3. The van der Waals surface area contributed by atoms with Crippen molar-refractivity contribution in [3.05, 3.63) is 82.6 Å². The Balaban J connectivity index is 1.77. The molecule has 0 bridgehead atoms. The molecular formula is C22H21ClFNO3. The maximum Gasteiger partial charge on any atom is 0.166 e. The zero-order chi connectivity index (χ0) is 19.9. The third-order valence-corrected chi connectivity index (χ3v) is 4.54.